The third kappa shape index (κ3) is 9.05. The van der Waals surface area contributed by atoms with Gasteiger partial charge in [-0.1, -0.05) is 91.0 Å². The summed E-state index contributed by atoms with van der Waals surface area (Å²) in [6, 6.07) is 33.9. The molecule has 5 aromatic rings. The molecule has 0 radical (unpaired) electrons. The minimum absolute atomic E-state index is 0.0387. The van der Waals surface area contributed by atoms with Gasteiger partial charge in [0.05, 0.1) is 5.69 Å². The Bertz CT molecular complexity index is 1880. The van der Waals surface area contributed by atoms with E-state index in [1.54, 1.807) is 39.0 Å². The first-order chi connectivity index (χ1) is 22.7. The Kier molecular flexibility index (Phi) is 10.6. The molecule has 0 spiro atoms. The van der Waals surface area contributed by atoms with Crippen LogP contribution in [-0.4, -0.2) is 36.8 Å². The van der Waals surface area contributed by atoms with E-state index in [0.29, 0.717) is 17.3 Å². The molecule has 240 valence electrons. The highest BCUT2D eigenvalue weighted by atomic mass is 16.6. The van der Waals surface area contributed by atoms with E-state index >= 15 is 0 Å². The Morgan fingerprint density at radius 1 is 0.745 bits per heavy atom. The number of benzene rings is 5. The van der Waals surface area contributed by atoms with E-state index in [1.807, 2.05) is 84.9 Å². The normalized spacial score (nSPS) is 11.5. The lowest BCUT2D eigenvalue weighted by atomic mass is 10.0. The van der Waals surface area contributed by atoms with Crippen LogP contribution >= 0.6 is 0 Å². The summed E-state index contributed by atoms with van der Waals surface area (Å²) >= 11 is 0. The SMILES string of the molecule is CC(C)(C)OC(=O)N(C(=O)OCc1ccccc1)c1ccc(OC(=O)/C=C/CNCCc2ccccc2)c2cc3ccccc3cc12. The highest BCUT2D eigenvalue weighted by Crippen LogP contribution is 2.38. The maximum Gasteiger partial charge on any atom is 0.424 e. The molecule has 0 saturated heterocycles. The van der Waals surface area contributed by atoms with Crippen molar-refractivity contribution < 1.29 is 28.6 Å². The van der Waals surface area contributed by atoms with Crippen LogP contribution in [0.4, 0.5) is 15.3 Å². The Balaban J connectivity index is 1.41. The smallest absolute Gasteiger partial charge is 0.424 e. The van der Waals surface area contributed by atoms with Gasteiger partial charge in [-0.15, -0.1) is 0 Å². The van der Waals surface area contributed by atoms with Gasteiger partial charge in [0, 0.05) is 23.4 Å². The summed E-state index contributed by atoms with van der Waals surface area (Å²) in [5.74, 6) is -0.272. The molecule has 0 heterocycles. The van der Waals surface area contributed by atoms with Gasteiger partial charge in [-0.3, -0.25) is 0 Å². The van der Waals surface area contributed by atoms with Gasteiger partial charge in [-0.2, -0.15) is 4.90 Å². The molecule has 0 aromatic heterocycles. The van der Waals surface area contributed by atoms with E-state index in [0.717, 1.165) is 34.2 Å². The van der Waals surface area contributed by atoms with Crippen molar-refractivity contribution in [1.29, 1.82) is 0 Å². The van der Waals surface area contributed by atoms with Crippen LogP contribution in [0.3, 0.4) is 0 Å². The number of imide groups is 1. The summed E-state index contributed by atoms with van der Waals surface area (Å²) in [6.45, 7) is 6.40. The fourth-order valence-corrected chi connectivity index (χ4v) is 5.00. The molecule has 1 N–H and O–H groups in total. The number of carbonyl (C=O) groups excluding carboxylic acids is 3. The van der Waals surface area contributed by atoms with Gasteiger partial charge < -0.3 is 19.5 Å². The molecule has 8 nitrogen and oxygen atoms in total. The minimum Gasteiger partial charge on any atom is -0.444 e. The average Bonchev–Trinajstić information content (AvgIpc) is 3.05. The van der Waals surface area contributed by atoms with Gasteiger partial charge in [0.25, 0.3) is 0 Å². The molecule has 5 rings (SSSR count). The molecule has 2 amide bonds. The Hall–Kier alpha value is -5.47. The molecule has 47 heavy (non-hydrogen) atoms. The van der Waals surface area contributed by atoms with E-state index in [4.69, 9.17) is 14.2 Å². The van der Waals surface area contributed by atoms with Crippen molar-refractivity contribution in [3.05, 3.63) is 132 Å². The number of anilines is 1. The molecule has 0 aliphatic heterocycles. The predicted octanol–water partition coefficient (Wildman–Crippen LogP) is 8.37. The first kappa shape index (κ1) is 32.9. The van der Waals surface area contributed by atoms with Crippen LogP contribution in [0.15, 0.2) is 121 Å². The zero-order valence-corrected chi connectivity index (χ0v) is 26.8. The predicted molar refractivity (Wildman–Crippen MR) is 185 cm³/mol. The summed E-state index contributed by atoms with van der Waals surface area (Å²) < 4.78 is 17.0. The number of carbonyl (C=O) groups is 3. The lowest BCUT2D eigenvalue weighted by molar-refractivity contribution is -0.128. The van der Waals surface area contributed by atoms with E-state index in [-0.39, 0.29) is 18.0 Å². The zero-order valence-electron chi connectivity index (χ0n) is 26.8. The summed E-state index contributed by atoms with van der Waals surface area (Å²) in [5, 5.41) is 6.09. The summed E-state index contributed by atoms with van der Waals surface area (Å²) in [4.78, 5) is 40.9. The second-order valence-corrected chi connectivity index (χ2v) is 11.9. The first-order valence-corrected chi connectivity index (χ1v) is 15.5. The van der Waals surface area contributed by atoms with E-state index in [9.17, 15) is 14.4 Å². The molecule has 0 bridgehead atoms. The van der Waals surface area contributed by atoms with Crippen LogP contribution in [0.5, 0.6) is 5.75 Å². The van der Waals surface area contributed by atoms with Crippen LogP contribution in [-0.2, 0) is 27.3 Å². The molecule has 8 heteroatoms. The van der Waals surface area contributed by atoms with Gasteiger partial charge in [-0.05, 0) is 79.9 Å². The van der Waals surface area contributed by atoms with Crippen molar-refractivity contribution in [2.45, 2.75) is 39.4 Å². The van der Waals surface area contributed by atoms with E-state index in [2.05, 4.69) is 17.4 Å². The Morgan fingerprint density at radius 3 is 2.02 bits per heavy atom. The largest absolute Gasteiger partial charge is 0.444 e. The monoisotopic (exact) mass is 630 g/mol. The third-order valence-corrected chi connectivity index (χ3v) is 7.18. The molecular weight excluding hydrogens is 592 g/mol. The van der Waals surface area contributed by atoms with Gasteiger partial charge in [0.2, 0.25) is 0 Å². The Morgan fingerprint density at radius 2 is 1.36 bits per heavy atom. The van der Waals surface area contributed by atoms with E-state index < -0.39 is 23.8 Å². The zero-order chi connectivity index (χ0) is 33.2. The standard InChI is InChI=1S/C39H38N2O6/c1-39(2,3)47-38(44)41(37(43)45-27-29-15-8-5-9-16-29)34-20-21-35(33-26-31-18-11-10-17-30(31)25-32(33)34)46-36(42)19-12-23-40-24-22-28-13-6-4-7-14-28/h4-21,25-26,40H,22-24,27H2,1-3H3/b19-12+. The van der Waals surface area contributed by atoms with Crippen molar-refractivity contribution >= 4 is 45.4 Å². The van der Waals surface area contributed by atoms with Crippen molar-refractivity contribution in [3.8, 4) is 5.75 Å². The van der Waals surface area contributed by atoms with Crippen LogP contribution in [0, 0.1) is 0 Å². The maximum absolute atomic E-state index is 13.6. The lowest BCUT2D eigenvalue weighted by Gasteiger charge is -2.27. The fourth-order valence-electron chi connectivity index (χ4n) is 5.00. The van der Waals surface area contributed by atoms with Crippen LogP contribution < -0.4 is 15.0 Å². The number of fused-ring (bicyclic) bond motifs is 2. The fraction of sp³-hybridized carbons (Fsp3) is 0.205. The number of ether oxygens (including phenoxy) is 3. The van der Waals surface area contributed by atoms with Crippen LogP contribution in [0.2, 0.25) is 0 Å². The van der Waals surface area contributed by atoms with Gasteiger partial charge in [0.15, 0.2) is 0 Å². The summed E-state index contributed by atoms with van der Waals surface area (Å²) in [7, 11) is 0. The molecular formula is C39H38N2O6. The van der Waals surface area contributed by atoms with Crippen molar-refractivity contribution in [2.24, 2.45) is 0 Å². The summed E-state index contributed by atoms with van der Waals surface area (Å²) in [6.07, 6.45) is 2.18. The number of esters is 1. The second-order valence-electron chi connectivity index (χ2n) is 11.9. The van der Waals surface area contributed by atoms with Gasteiger partial charge in [0.1, 0.15) is 18.0 Å². The minimum atomic E-state index is -0.898. The molecule has 0 unspecified atom stereocenters. The number of nitrogens with zero attached hydrogens (tertiary/aromatic N) is 1. The first-order valence-electron chi connectivity index (χ1n) is 15.5. The van der Waals surface area contributed by atoms with Gasteiger partial charge >= 0.3 is 18.2 Å². The third-order valence-electron chi connectivity index (χ3n) is 7.18. The molecule has 0 aliphatic rings. The maximum atomic E-state index is 13.6. The van der Waals surface area contributed by atoms with E-state index in [1.165, 1.54) is 11.6 Å². The highest BCUT2D eigenvalue weighted by molar-refractivity contribution is 6.17. The average molecular weight is 631 g/mol. The number of amides is 2. The lowest BCUT2D eigenvalue weighted by Crippen LogP contribution is -2.41. The highest BCUT2D eigenvalue weighted by Gasteiger charge is 2.32. The number of rotatable bonds is 10. The number of nitrogens with one attached hydrogen (secondary N) is 1. The Labute approximate surface area is 274 Å². The van der Waals surface area contributed by atoms with Gasteiger partial charge in [-0.25, -0.2) is 14.4 Å². The number of hydrogen-bond acceptors (Lipinski definition) is 7. The van der Waals surface area contributed by atoms with Crippen molar-refractivity contribution in [3.63, 3.8) is 0 Å². The molecule has 0 saturated carbocycles. The van der Waals surface area contributed by atoms with Crippen LogP contribution in [0.25, 0.3) is 21.5 Å². The quantitative estimate of drug-likeness (QED) is 0.0545. The van der Waals surface area contributed by atoms with Crippen molar-refractivity contribution in [1.82, 2.24) is 5.32 Å². The summed E-state index contributed by atoms with van der Waals surface area (Å²) in [5.41, 5.74) is 1.36. The second kappa shape index (κ2) is 15.2. The molecule has 5 aromatic carbocycles. The number of hydrogen-bond donors (Lipinski definition) is 1. The molecule has 0 aliphatic carbocycles. The topological polar surface area (TPSA) is 94.2 Å². The molecule has 0 fully saturated rings. The molecule has 0 atom stereocenters. The van der Waals surface area contributed by atoms with Crippen LogP contribution in [0.1, 0.15) is 31.9 Å². The van der Waals surface area contributed by atoms with Crippen molar-refractivity contribution in [2.75, 3.05) is 18.0 Å².